The molecule has 0 spiro atoms. The van der Waals surface area contributed by atoms with Crippen LogP contribution in [0.2, 0.25) is 0 Å². The van der Waals surface area contributed by atoms with Crippen molar-refractivity contribution < 1.29 is 17.6 Å². The van der Waals surface area contributed by atoms with Gasteiger partial charge in [-0.25, -0.2) is 17.6 Å². The molecule has 0 heterocycles. The first-order valence-corrected chi connectivity index (χ1v) is 11.5. The van der Waals surface area contributed by atoms with E-state index in [1.165, 1.54) is 17.7 Å². The first-order chi connectivity index (χ1) is 16.9. The van der Waals surface area contributed by atoms with Crippen molar-refractivity contribution >= 4 is 10.8 Å². The molecule has 0 saturated heterocycles. The fourth-order valence-corrected chi connectivity index (χ4v) is 3.92. The second-order valence-electron chi connectivity index (χ2n) is 8.44. The number of benzene rings is 4. The number of halogens is 4. The fraction of sp³-hybridized carbons (Fsp3) is 0.161. The van der Waals surface area contributed by atoms with Crippen LogP contribution in [0.4, 0.5) is 17.6 Å². The highest BCUT2D eigenvalue weighted by atomic mass is 19.2. The lowest BCUT2D eigenvalue weighted by atomic mass is 10.0. The van der Waals surface area contributed by atoms with Crippen molar-refractivity contribution in [1.82, 2.24) is 0 Å². The van der Waals surface area contributed by atoms with Crippen LogP contribution in [-0.4, -0.2) is 0 Å². The molecule has 0 N–H and O–H groups in total. The number of hydrogen-bond donors (Lipinski definition) is 0. The van der Waals surface area contributed by atoms with Gasteiger partial charge in [-0.1, -0.05) is 54.3 Å². The van der Waals surface area contributed by atoms with Gasteiger partial charge in [0.25, 0.3) is 0 Å². The predicted octanol–water partition coefficient (Wildman–Crippen LogP) is 8.09. The van der Waals surface area contributed by atoms with E-state index in [-0.39, 0.29) is 5.56 Å². The maximum Gasteiger partial charge on any atom is 0.159 e. The smallest absolute Gasteiger partial charge is 0.159 e. The van der Waals surface area contributed by atoms with E-state index in [0.717, 1.165) is 30.5 Å². The molecule has 4 aromatic rings. The monoisotopic (exact) mass is 472 g/mol. The molecular formula is C31H24F4. The van der Waals surface area contributed by atoms with Gasteiger partial charge in [0.05, 0.1) is 5.56 Å². The third kappa shape index (κ3) is 6.19. The Bertz CT molecular complexity index is 1410. The van der Waals surface area contributed by atoms with Crippen LogP contribution < -0.4 is 0 Å². The molecular weight excluding hydrogens is 448 g/mol. The van der Waals surface area contributed by atoms with Crippen molar-refractivity contribution in [3.8, 4) is 11.8 Å². The molecule has 0 bridgehead atoms. The van der Waals surface area contributed by atoms with Gasteiger partial charge in [-0.05, 0) is 96.5 Å². The molecule has 0 aliphatic rings. The molecule has 35 heavy (non-hydrogen) atoms. The second kappa shape index (κ2) is 11.1. The van der Waals surface area contributed by atoms with Gasteiger partial charge >= 0.3 is 0 Å². The van der Waals surface area contributed by atoms with Crippen LogP contribution in [0, 0.1) is 35.1 Å². The maximum absolute atomic E-state index is 14.7. The zero-order chi connectivity index (χ0) is 24.8. The summed E-state index contributed by atoms with van der Waals surface area (Å²) in [5, 5.41) is 0.970. The molecule has 0 aromatic heterocycles. The minimum absolute atomic E-state index is 0.315. The normalized spacial score (nSPS) is 11.1. The van der Waals surface area contributed by atoms with Crippen molar-refractivity contribution in [2.45, 2.75) is 32.6 Å². The van der Waals surface area contributed by atoms with Crippen molar-refractivity contribution in [1.29, 1.82) is 0 Å². The standard InChI is InChI=1S/C31H24F4/c1-2-3-4-5-21-6-8-22(9-7-21)10-11-24-17-28(32)27(29(33)18-24)15-13-23-12-14-25-19-30(34)31(35)20-26(25)16-23/h2-3,6-9,12,14,16-20H,4-5,10-11H2,1H3/b3-2+. The minimum Gasteiger partial charge on any atom is -0.206 e. The third-order valence-corrected chi connectivity index (χ3v) is 5.87. The lowest BCUT2D eigenvalue weighted by Gasteiger charge is -2.06. The molecule has 0 aliphatic carbocycles. The van der Waals surface area contributed by atoms with Crippen molar-refractivity contribution in [2.75, 3.05) is 0 Å². The lowest BCUT2D eigenvalue weighted by molar-refractivity contribution is 0.511. The molecule has 4 aromatic carbocycles. The van der Waals surface area contributed by atoms with E-state index >= 15 is 0 Å². The summed E-state index contributed by atoms with van der Waals surface area (Å²) in [5.74, 6) is 1.92. The molecule has 0 saturated carbocycles. The summed E-state index contributed by atoms with van der Waals surface area (Å²) in [6.07, 6.45) is 7.34. The van der Waals surface area contributed by atoms with Gasteiger partial charge in [-0.2, -0.15) is 0 Å². The summed E-state index contributed by atoms with van der Waals surface area (Å²) in [7, 11) is 0. The highest BCUT2D eigenvalue weighted by Crippen LogP contribution is 2.21. The van der Waals surface area contributed by atoms with Crippen LogP contribution in [0.15, 0.2) is 78.9 Å². The number of hydrogen-bond acceptors (Lipinski definition) is 0. The molecule has 4 rings (SSSR count). The SMILES string of the molecule is C/C=C/CCc1ccc(CCc2cc(F)c(C#Cc3ccc4cc(F)c(F)cc4c3)c(F)c2)cc1. The summed E-state index contributed by atoms with van der Waals surface area (Å²) in [4.78, 5) is 0. The summed E-state index contributed by atoms with van der Waals surface area (Å²) in [6, 6.07) is 17.8. The van der Waals surface area contributed by atoms with Crippen molar-refractivity contribution in [3.05, 3.63) is 130 Å². The van der Waals surface area contributed by atoms with E-state index in [4.69, 9.17) is 0 Å². The maximum atomic E-state index is 14.7. The van der Waals surface area contributed by atoms with Crippen LogP contribution in [0.3, 0.4) is 0 Å². The molecule has 0 nitrogen and oxygen atoms in total. The minimum atomic E-state index is -0.962. The van der Waals surface area contributed by atoms with E-state index in [2.05, 4.69) is 42.2 Å². The van der Waals surface area contributed by atoms with E-state index in [0.29, 0.717) is 34.7 Å². The van der Waals surface area contributed by atoms with Gasteiger partial charge in [0, 0.05) is 5.56 Å². The number of aryl methyl sites for hydroxylation is 3. The van der Waals surface area contributed by atoms with Gasteiger partial charge in [0.15, 0.2) is 11.6 Å². The largest absolute Gasteiger partial charge is 0.206 e. The second-order valence-corrected chi connectivity index (χ2v) is 8.44. The Morgan fingerprint density at radius 2 is 1.20 bits per heavy atom. The lowest BCUT2D eigenvalue weighted by Crippen LogP contribution is -1.98. The summed E-state index contributed by atoms with van der Waals surface area (Å²) in [5.41, 5.74) is 3.06. The number of rotatable bonds is 6. The Morgan fingerprint density at radius 1 is 0.600 bits per heavy atom. The van der Waals surface area contributed by atoms with Crippen molar-refractivity contribution in [2.24, 2.45) is 0 Å². The zero-order valence-corrected chi connectivity index (χ0v) is 19.3. The molecule has 0 radical (unpaired) electrons. The Hall–Kier alpha value is -3.84. The molecule has 0 aliphatic heterocycles. The Balaban J connectivity index is 1.45. The Labute approximate surface area is 202 Å². The summed E-state index contributed by atoms with van der Waals surface area (Å²) < 4.78 is 56.2. The molecule has 0 atom stereocenters. The first-order valence-electron chi connectivity index (χ1n) is 11.5. The van der Waals surface area contributed by atoms with Crippen molar-refractivity contribution in [3.63, 3.8) is 0 Å². The fourth-order valence-electron chi connectivity index (χ4n) is 3.92. The van der Waals surface area contributed by atoms with E-state index in [1.54, 1.807) is 18.2 Å². The third-order valence-electron chi connectivity index (χ3n) is 5.87. The summed E-state index contributed by atoms with van der Waals surface area (Å²) >= 11 is 0. The number of fused-ring (bicyclic) bond motifs is 1. The van der Waals surface area contributed by atoms with Gasteiger partial charge < -0.3 is 0 Å². The van der Waals surface area contributed by atoms with Crippen LogP contribution >= 0.6 is 0 Å². The Kier molecular flexibility index (Phi) is 7.67. The molecule has 0 fully saturated rings. The predicted molar refractivity (Wildman–Crippen MR) is 133 cm³/mol. The first kappa shape index (κ1) is 24.3. The average molecular weight is 473 g/mol. The highest BCUT2D eigenvalue weighted by Gasteiger charge is 2.10. The molecule has 4 heteroatoms. The quantitative estimate of drug-likeness (QED) is 0.151. The summed E-state index contributed by atoms with van der Waals surface area (Å²) in [6.45, 7) is 2.01. The van der Waals surface area contributed by atoms with Crippen LogP contribution in [0.25, 0.3) is 10.8 Å². The zero-order valence-electron chi connectivity index (χ0n) is 19.3. The van der Waals surface area contributed by atoms with Gasteiger partial charge in [-0.3, -0.25) is 0 Å². The van der Waals surface area contributed by atoms with Gasteiger partial charge in [0.1, 0.15) is 11.6 Å². The highest BCUT2D eigenvalue weighted by molar-refractivity contribution is 5.84. The van der Waals surface area contributed by atoms with E-state index in [1.807, 2.05) is 13.0 Å². The van der Waals surface area contributed by atoms with E-state index in [9.17, 15) is 17.6 Å². The molecule has 176 valence electrons. The van der Waals surface area contributed by atoms with Gasteiger partial charge in [0.2, 0.25) is 0 Å². The average Bonchev–Trinajstić information content (AvgIpc) is 2.84. The topological polar surface area (TPSA) is 0 Å². The van der Waals surface area contributed by atoms with Crippen LogP contribution in [0.1, 0.15) is 41.2 Å². The Morgan fingerprint density at radius 3 is 1.86 bits per heavy atom. The van der Waals surface area contributed by atoms with Crippen LogP contribution in [-0.2, 0) is 19.3 Å². The number of allylic oxidation sites excluding steroid dienone is 2. The van der Waals surface area contributed by atoms with Crippen LogP contribution in [0.5, 0.6) is 0 Å². The molecule has 0 unspecified atom stereocenters. The molecule has 0 amide bonds. The van der Waals surface area contributed by atoms with Gasteiger partial charge in [-0.15, -0.1) is 0 Å². The van der Waals surface area contributed by atoms with E-state index < -0.39 is 23.3 Å².